The van der Waals surface area contributed by atoms with Crippen LogP contribution >= 0.6 is 22.9 Å². The first-order valence-corrected chi connectivity index (χ1v) is 12.0. The smallest absolute Gasteiger partial charge is 0.264 e. The predicted molar refractivity (Wildman–Crippen MR) is 127 cm³/mol. The highest BCUT2D eigenvalue weighted by atomic mass is 35.5. The standard InChI is InChI=1S/C23H30ClN3O3S/c1-26(2)20-10-9-18(25-22(28)8-3-11-24)14-17(20)15-27(16-19-6-4-12-30-19)23(29)21-7-5-13-31-21/h5,7,9-10,13-14,19H,3-4,6,8,11-12,15-16H2,1-2H3,(H,25,28)/t19-/m0/s1. The third-order valence-electron chi connectivity index (χ3n) is 5.21. The Balaban J connectivity index is 1.84. The van der Waals surface area contributed by atoms with Gasteiger partial charge in [-0.1, -0.05) is 6.07 Å². The number of carbonyl (C=O) groups is 2. The largest absolute Gasteiger partial charge is 0.377 e. The number of thiophene rings is 1. The molecule has 2 amide bonds. The molecule has 1 atom stereocenters. The number of nitrogens with zero attached hydrogens (tertiary/aromatic N) is 2. The van der Waals surface area contributed by atoms with Crippen molar-refractivity contribution in [3.8, 4) is 0 Å². The fourth-order valence-corrected chi connectivity index (χ4v) is 4.52. The summed E-state index contributed by atoms with van der Waals surface area (Å²) in [7, 11) is 3.95. The molecule has 1 aliphatic rings. The van der Waals surface area contributed by atoms with Crippen molar-refractivity contribution in [3.05, 3.63) is 46.2 Å². The topological polar surface area (TPSA) is 61.9 Å². The molecule has 8 heteroatoms. The lowest BCUT2D eigenvalue weighted by atomic mass is 10.1. The van der Waals surface area contributed by atoms with Gasteiger partial charge >= 0.3 is 0 Å². The number of rotatable bonds is 10. The fourth-order valence-electron chi connectivity index (χ4n) is 3.69. The van der Waals surface area contributed by atoms with Crippen molar-refractivity contribution in [2.75, 3.05) is 43.3 Å². The zero-order chi connectivity index (χ0) is 22.2. The van der Waals surface area contributed by atoms with Gasteiger partial charge in [0.1, 0.15) is 0 Å². The fraction of sp³-hybridized carbons (Fsp3) is 0.478. The van der Waals surface area contributed by atoms with E-state index in [0.717, 1.165) is 41.3 Å². The lowest BCUT2D eigenvalue weighted by Crippen LogP contribution is -2.37. The van der Waals surface area contributed by atoms with Crippen molar-refractivity contribution >= 4 is 46.1 Å². The summed E-state index contributed by atoms with van der Waals surface area (Å²) in [4.78, 5) is 30.0. The van der Waals surface area contributed by atoms with Gasteiger partial charge in [-0.05, 0) is 54.5 Å². The summed E-state index contributed by atoms with van der Waals surface area (Å²) in [5, 5.41) is 4.86. The molecular weight excluding hydrogens is 434 g/mol. The highest BCUT2D eigenvalue weighted by molar-refractivity contribution is 7.12. The Hall–Kier alpha value is -2.09. The van der Waals surface area contributed by atoms with E-state index in [1.165, 1.54) is 11.3 Å². The van der Waals surface area contributed by atoms with E-state index >= 15 is 0 Å². The minimum absolute atomic E-state index is 0.00626. The predicted octanol–water partition coefficient (Wildman–Crippen LogP) is 4.59. The number of anilines is 2. The van der Waals surface area contributed by atoms with Crippen molar-refractivity contribution in [2.45, 2.75) is 38.3 Å². The Bertz CT molecular complexity index is 867. The molecule has 2 heterocycles. The number of halogens is 1. The van der Waals surface area contributed by atoms with Gasteiger partial charge in [0.15, 0.2) is 0 Å². The van der Waals surface area contributed by atoms with Gasteiger partial charge in [-0.2, -0.15) is 0 Å². The molecule has 1 aromatic carbocycles. The van der Waals surface area contributed by atoms with Crippen LogP contribution in [-0.4, -0.2) is 55.9 Å². The summed E-state index contributed by atoms with van der Waals surface area (Å²) in [5.41, 5.74) is 2.71. The van der Waals surface area contributed by atoms with Crippen LogP contribution in [0.5, 0.6) is 0 Å². The first-order chi connectivity index (χ1) is 15.0. The molecule has 2 aromatic rings. The molecule has 0 saturated carbocycles. The number of nitrogens with one attached hydrogen (secondary N) is 1. The van der Waals surface area contributed by atoms with Crippen LogP contribution in [-0.2, 0) is 16.1 Å². The molecule has 1 fully saturated rings. The molecule has 168 valence electrons. The molecule has 0 bridgehead atoms. The van der Waals surface area contributed by atoms with Crippen LogP contribution in [0.25, 0.3) is 0 Å². The van der Waals surface area contributed by atoms with Gasteiger partial charge in [-0.15, -0.1) is 22.9 Å². The van der Waals surface area contributed by atoms with Gasteiger partial charge in [-0.25, -0.2) is 0 Å². The summed E-state index contributed by atoms with van der Waals surface area (Å²) < 4.78 is 5.81. The van der Waals surface area contributed by atoms with E-state index < -0.39 is 0 Å². The van der Waals surface area contributed by atoms with Crippen LogP contribution in [0.3, 0.4) is 0 Å². The van der Waals surface area contributed by atoms with Crippen LogP contribution in [0.4, 0.5) is 11.4 Å². The number of benzene rings is 1. The maximum Gasteiger partial charge on any atom is 0.264 e. The monoisotopic (exact) mass is 463 g/mol. The molecule has 0 unspecified atom stereocenters. The van der Waals surface area contributed by atoms with Gasteiger partial charge in [0, 0.05) is 57.5 Å². The number of carbonyl (C=O) groups excluding carboxylic acids is 2. The maximum absolute atomic E-state index is 13.2. The first-order valence-electron chi connectivity index (χ1n) is 10.6. The average Bonchev–Trinajstić information content (AvgIpc) is 3.45. The zero-order valence-corrected chi connectivity index (χ0v) is 19.7. The third-order valence-corrected chi connectivity index (χ3v) is 6.34. The Morgan fingerprint density at radius 3 is 2.77 bits per heavy atom. The Labute approximate surface area is 193 Å². The number of hydrogen-bond acceptors (Lipinski definition) is 5. The summed E-state index contributed by atoms with van der Waals surface area (Å²) in [6.45, 7) is 1.74. The summed E-state index contributed by atoms with van der Waals surface area (Å²) in [6, 6.07) is 9.58. The summed E-state index contributed by atoms with van der Waals surface area (Å²) in [5.74, 6) is 0.406. The second-order valence-electron chi connectivity index (χ2n) is 7.88. The van der Waals surface area contributed by atoms with Gasteiger partial charge in [0.2, 0.25) is 5.91 Å². The lowest BCUT2D eigenvalue weighted by molar-refractivity contribution is -0.116. The van der Waals surface area contributed by atoms with Crippen LogP contribution < -0.4 is 10.2 Å². The van der Waals surface area contributed by atoms with E-state index in [-0.39, 0.29) is 17.9 Å². The second kappa shape index (κ2) is 11.5. The normalized spacial score (nSPS) is 15.6. The zero-order valence-electron chi connectivity index (χ0n) is 18.1. The van der Waals surface area contributed by atoms with E-state index in [0.29, 0.717) is 31.8 Å². The van der Waals surface area contributed by atoms with Crippen LogP contribution in [0.1, 0.15) is 40.9 Å². The molecule has 0 radical (unpaired) electrons. The molecule has 0 spiro atoms. The SMILES string of the molecule is CN(C)c1ccc(NC(=O)CCCCl)cc1CN(C[C@@H]1CCCO1)C(=O)c1cccs1. The minimum Gasteiger partial charge on any atom is -0.377 e. The lowest BCUT2D eigenvalue weighted by Gasteiger charge is -2.28. The van der Waals surface area contributed by atoms with Crippen molar-refractivity contribution < 1.29 is 14.3 Å². The highest BCUT2D eigenvalue weighted by Gasteiger charge is 2.25. The van der Waals surface area contributed by atoms with Gasteiger partial charge in [0.05, 0.1) is 11.0 Å². The number of alkyl halides is 1. The molecule has 6 nitrogen and oxygen atoms in total. The summed E-state index contributed by atoms with van der Waals surface area (Å²) in [6.07, 6.45) is 3.07. The Morgan fingerprint density at radius 2 is 2.13 bits per heavy atom. The number of hydrogen-bond donors (Lipinski definition) is 1. The second-order valence-corrected chi connectivity index (χ2v) is 9.20. The van der Waals surface area contributed by atoms with E-state index in [9.17, 15) is 9.59 Å². The summed E-state index contributed by atoms with van der Waals surface area (Å²) >= 11 is 7.14. The highest BCUT2D eigenvalue weighted by Crippen LogP contribution is 2.27. The van der Waals surface area contributed by atoms with E-state index in [2.05, 4.69) is 5.32 Å². The van der Waals surface area contributed by atoms with Crippen LogP contribution in [0, 0.1) is 0 Å². The first kappa shape index (κ1) is 23.6. The average molecular weight is 464 g/mol. The molecule has 1 aliphatic heterocycles. The molecule has 1 saturated heterocycles. The molecule has 1 aromatic heterocycles. The third kappa shape index (κ3) is 6.69. The number of amides is 2. The molecule has 3 rings (SSSR count). The molecule has 0 aliphatic carbocycles. The van der Waals surface area contributed by atoms with Crippen molar-refractivity contribution in [1.29, 1.82) is 0 Å². The van der Waals surface area contributed by atoms with E-state index in [4.69, 9.17) is 16.3 Å². The van der Waals surface area contributed by atoms with Crippen molar-refractivity contribution in [2.24, 2.45) is 0 Å². The number of ether oxygens (including phenoxy) is 1. The minimum atomic E-state index is -0.0601. The van der Waals surface area contributed by atoms with Gasteiger partial charge in [0.25, 0.3) is 5.91 Å². The maximum atomic E-state index is 13.2. The quantitative estimate of drug-likeness (QED) is 0.523. The van der Waals surface area contributed by atoms with Crippen LogP contribution in [0.2, 0.25) is 0 Å². The molecular formula is C23H30ClN3O3S. The van der Waals surface area contributed by atoms with Gasteiger partial charge < -0.3 is 19.9 Å². The van der Waals surface area contributed by atoms with Crippen LogP contribution in [0.15, 0.2) is 35.7 Å². The molecule has 1 N–H and O–H groups in total. The van der Waals surface area contributed by atoms with Gasteiger partial charge in [-0.3, -0.25) is 9.59 Å². The van der Waals surface area contributed by atoms with Crippen molar-refractivity contribution in [3.63, 3.8) is 0 Å². The molecule has 31 heavy (non-hydrogen) atoms. The van der Waals surface area contributed by atoms with E-state index in [1.54, 1.807) is 0 Å². The van der Waals surface area contributed by atoms with Crippen molar-refractivity contribution in [1.82, 2.24) is 4.90 Å². The Kier molecular flexibility index (Phi) is 8.75. The Morgan fingerprint density at radius 1 is 1.29 bits per heavy atom. The van der Waals surface area contributed by atoms with E-state index in [1.807, 2.05) is 59.6 Å².